The van der Waals surface area contributed by atoms with Crippen molar-refractivity contribution in [2.24, 2.45) is 0 Å². The smallest absolute Gasteiger partial charge is 0.254 e. The number of aromatic nitrogens is 1. The second-order valence-electron chi connectivity index (χ2n) is 6.97. The highest BCUT2D eigenvalue weighted by atomic mass is 16.2. The van der Waals surface area contributed by atoms with Crippen LogP contribution < -0.4 is 10.9 Å². The van der Waals surface area contributed by atoms with Crippen LogP contribution in [0.2, 0.25) is 0 Å². The Morgan fingerprint density at radius 2 is 2.08 bits per heavy atom. The van der Waals surface area contributed by atoms with Crippen molar-refractivity contribution in [3.05, 3.63) is 64.1 Å². The van der Waals surface area contributed by atoms with E-state index in [4.69, 9.17) is 0 Å². The molecule has 0 unspecified atom stereocenters. The van der Waals surface area contributed by atoms with E-state index in [0.717, 1.165) is 24.1 Å². The first kappa shape index (κ1) is 16.6. The summed E-state index contributed by atoms with van der Waals surface area (Å²) in [6.45, 7) is 2.55. The Morgan fingerprint density at radius 3 is 2.85 bits per heavy atom. The van der Waals surface area contributed by atoms with Crippen LogP contribution in [0.1, 0.15) is 42.1 Å². The molecule has 26 heavy (non-hydrogen) atoms. The molecule has 0 bridgehead atoms. The van der Waals surface area contributed by atoms with E-state index in [1.165, 1.54) is 12.3 Å². The number of pyridine rings is 1. The van der Waals surface area contributed by atoms with Crippen LogP contribution in [-0.4, -0.2) is 34.3 Å². The van der Waals surface area contributed by atoms with E-state index in [1.807, 2.05) is 24.3 Å². The molecule has 1 spiro atoms. The third-order valence-corrected chi connectivity index (χ3v) is 5.60. The van der Waals surface area contributed by atoms with Crippen molar-refractivity contribution < 1.29 is 9.59 Å². The van der Waals surface area contributed by atoms with Crippen LogP contribution in [0.4, 0.5) is 5.69 Å². The van der Waals surface area contributed by atoms with Crippen LogP contribution in [0.25, 0.3) is 0 Å². The standard InChI is InChI=1S/C20H21N3O3/c1-2-5-16-20(14-6-3-4-7-15(14)22-19(20)26)9-11-23(16)18(25)13-8-10-21-17(24)12-13/h3-4,6-8,10,12,16H,2,5,9,11H2,1H3,(H,21,24)(H,22,26)/t16-,20-/m0/s1. The minimum Gasteiger partial charge on any atom is -0.334 e. The van der Waals surface area contributed by atoms with E-state index in [9.17, 15) is 14.4 Å². The van der Waals surface area contributed by atoms with Crippen LogP contribution in [-0.2, 0) is 10.2 Å². The van der Waals surface area contributed by atoms with Gasteiger partial charge < -0.3 is 15.2 Å². The maximum Gasteiger partial charge on any atom is 0.254 e. The summed E-state index contributed by atoms with van der Waals surface area (Å²) in [6.07, 6.45) is 3.67. The molecule has 1 aromatic heterocycles. The van der Waals surface area contributed by atoms with Gasteiger partial charge in [-0.05, 0) is 30.5 Å². The molecule has 0 saturated carbocycles. The van der Waals surface area contributed by atoms with E-state index in [-0.39, 0.29) is 23.4 Å². The minimum absolute atomic E-state index is 0.0293. The fraction of sp³-hybridized carbons (Fsp3) is 0.350. The van der Waals surface area contributed by atoms with Crippen LogP contribution in [0.3, 0.4) is 0 Å². The quantitative estimate of drug-likeness (QED) is 0.890. The molecule has 2 aromatic rings. The summed E-state index contributed by atoms with van der Waals surface area (Å²) in [5.74, 6) is -0.220. The van der Waals surface area contributed by atoms with Crippen LogP contribution in [0.15, 0.2) is 47.4 Å². The van der Waals surface area contributed by atoms with Gasteiger partial charge in [0.05, 0.1) is 11.5 Å². The normalized spacial score (nSPS) is 24.0. The number of rotatable bonds is 3. The number of carbonyl (C=O) groups excluding carboxylic acids is 2. The highest BCUT2D eigenvalue weighted by molar-refractivity contribution is 6.08. The first-order chi connectivity index (χ1) is 12.6. The van der Waals surface area contributed by atoms with Crippen molar-refractivity contribution in [3.63, 3.8) is 0 Å². The zero-order chi connectivity index (χ0) is 18.3. The monoisotopic (exact) mass is 351 g/mol. The number of hydrogen-bond acceptors (Lipinski definition) is 3. The summed E-state index contributed by atoms with van der Waals surface area (Å²) in [6, 6.07) is 10.4. The average Bonchev–Trinajstić information content (AvgIpc) is 3.15. The zero-order valence-electron chi connectivity index (χ0n) is 14.6. The highest BCUT2D eigenvalue weighted by Crippen LogP contribution is 2.49. The van der Waals surface area contributed by atoms with Gasteiger partial charge in [0.2, 0.25) is 11.5 Å². The molecular weight excluding hydrogens is 330 g/mol. The summed E-state index contributed by atoms with van der Waals surface area (Å²) >= 11 is 0. The third kappa shape index (κ3) is 2.29. The summed E-state index contributed by atoms with van der Waals surface area (Å²) in [5, 5.41) is 3.00. The van der Waals surface area contributed by atoms with Gasteiger partial charge in [-0.25, -0.2) is 0 Å². The first-order valence-electron chi connectivity index (χ1n) is 8.98. The predicted molar refractivity (Wildman–Crippen MR) is 98.2 cm³/mol. The summed E-state index contributed by atoms with van der Waals surface area (Å²) < 4.78 is 0. The number of likely N-dealkylation sites (tertiary alicyclic amines) is 1. The van der Waals surface area contributed by atoms with Crippen LogP contribution in [0, 0.1) is 0 Å². The number of carbonyl (C=O) groups is 2. The van der Waals surface area contributed by atoms with E-state index >= 15 is 0 Å². The molecule has 1 aromatic carbocycles. The van der Waals surface area contributed by atoms with E-state index < -0.39 is 5.41 Å². The number of fused-ring (bicyclic) bond motifs is 2. The molecule has 2 atom stereocenters. The van der Waals surface area contributed by atoms with Crippen LogP contribution >= 0.6 is 0 Å². The SMILES string of the molecule is CCC[C@@H]1N(C(=O)c2cc[nH]c(=O)c2)CC[C@@]12C(=O)Nc1ccccc12. The van der Waals surface area contributed by atoms with Crippen molar-refractivity contribution >= 4 is 17.5 Å². The van der Waals surface area contributed by atoms with Crippen LogP contribution in [0.5, 0.6) is 0 Å². The number of aromatic amines is 1. The van der Waals surface area contributed by atoms with Crippen molar-refractivity contribution in [2.75, 3.05) is 11.9 Å². The molecule has 6 heteroatoms. The number of benzene rings is 1. The van der Waals surface area contributed by atoms with Gasteiger partial charge >= 0.3 is 0 Å². The number of para-hydroxylation sites is 1. The van der Waals surface area contributed by atoms with Gasteiger partial charge in [-0.3, -0.25) is 14.4 Å². The van der Waals surface area contributed by atoms with E-state index in [0.29, 0.717) is 18.5 Å². The summed E-state index contributed by atoms with van der Waals surface area (Å²) in [4.78, 5) is 42.0. The third-order valence-electron chi connectivity index (χ3n) is 5.60. The lowest BCUT2D eigenvalue weighted by molar-refractivity contribution is -0.121. The molecule has 3 heterocycles. The number of hydrogen-bond donors (Lipinski definition) is 2. The lowest BCUT2D eigenvalue weighted by Gasteiger charge is -2.34. The topological polar surface area (TPSA) is 82.3 Å². The number of nitrogens with one attached hydrogen (secondary N) is 2. The Morgan fingerprint density at radius 1 is 1.27 bits per heavy atom. The molecular formula is C20H21N3O3. The molecule has 6 nitrogen and oxygen atoms in total. The summed E-state index contributed by atoms with van der Waals surface area (Å²) in [7, 11) is 0. The molecule has 2 N–H and O–H groups in total. The molecule has 0 aliphatic carbocycles. The molecule has 2 aliphatic heterocycles. The maximum absolute atomic E-state index is 13.1. The molecule has 134 valence electrons. The Bertz CT molecular complexity index is 936. The number of amides is 2. The van der Waals surface area contributed by atoms with Gasteiger partial charge in [-0.2, -0.15) is 0 Å². The number of anilines is 1. The van der Waals surface area contributed by atoms with Crippen molar-refractivity contribution in [3.8, 4) is 0 Å². The molecule has 1 saturated heterocycles. The van der Waals surface area contributed by atoms with Crippen molar-refractivity contribution in [1.29, 1.82) is 0 Å². The van der Waals surface area contributed by atoms with Crippen molar-refractivity contribution in [1.82, 2.24) is 9.88 Å². The lowest BCUT2D eigenvalue weighted by Crippen LogP contribution is -2.48. The second kappa shape index (κ2) is 6.12. The van der Waals surface area contributed by atoms with Gasteiger partial charge in [0.1, 0.15) is 0 Å². The molecule has 0 radical (unpaired) electrons. The van der Waals surface area contributed by atoms with E-state index in [1.54, 1.807) is 11.0 Å². The van der Waals surface area contributed by atoms with E-state index in [2.05, 4.69) is 17.2 Å². The molecule has 2 amide bonds. The number of nitrogens with zero attached hydrogens (tertiary/aromatic N) is 1. The summed E-state index contributed by atoms with van der Waals surface area (Å²) in [5.41, 5.74) is 1.16. The van der Waals surface area contributed by atoms with Crippen molar-refractivity contribution in [2.45, 2.75) is 37.6 Å². The fourth-order valence-corrected chi connectivity index (χ4v) is 4.46. The van der Waals surface area contributed by atoms with Gasteiger partial charge in [0.25, 0.3) is 5.91 Å². The fourth-order valence-electron chi connectivity index (χ4n) is 4.46. The van der Waals surface area contributed by atoms with Gasteiger partial charge in [-0.1, -0.05) is 31.5 Å². The number of H-pyrrole nitrogens is 1. The van der Waals surface area contributed by atoms with Gasteiger partial charge in [0.15, 0.2) is 0 Å². The molecule has 4 rings (SSSR count). The second-order valence-corrected chi connectivity index (χ2v) is 6.97. The Labute approximate surface area is 151 Å². The Hall–Kier alpha value is -2.89. The predicted octanol–water partition coefficient (Wildman–Crippen LogP) is 2.28. The first-order valence-corrected chi connectivity index (χ1v) is 8.98. The largest absolute Gasteiger partial charge is 0.334 e. The maximum atomic E-state index is 13.1. The zero-order valence-corrected chi connectivity index (χ0v) is 14.6. The molecule has 1 fully saturated rings. The Balaban J connectivity index is 1.77. The molecule has 2 aliphatic rings. The van der Waals surface area contributed by atoms with Gasteiger partial charge in [-0.15, -0.1) is 0 Å². The Kier molecular flexibility index (Phi) is 3.90. The lowest BCUT2D eigenvalue weighted by atomic mass is 9.73. The van der Waals surface area contributed by atoms with Gasteiger partial charge in [0, 0.05) is 30.1 Å². The highest BCUT2D eigenvalue weighted by Gasteiger charge is 2.58. The average molecular weight is 351 g/mol. The minimum atomic E-state index is -0.705.